The summed E-state index contributed by atoms with van der Waals surface area (Å²) >= 11 is 0. The summed E-state index contributed by atoms with van der Waals surface area (Å²) in [6.07, 6.45) is 1.04. The Labute approximate surface area is 242 Å². The minimum Gasteiger partial charge on any atom is -0.382 e. The lowest BCUT2D eigenvalue weighted by Gasteiger charge is -2.19. The van der Waals surface area contributed by atoms with Crippen LogP contribution in [0.2, 0.25) is 0 Å². The maximum Gasteiger partial charge on any atom is 0.274 e. The van der Waals surface area contributed by atoms with Gasteiger partial charge >= 0.3 is 0 Å². The Morgan fingerprint density at radius 1 is 0.667 bits per heavy atom. The molecule has 4 amide bonds. The fourth-order valence-corrected chi connectivity index (χ4v) is 3.43. The second-order valence-corrected chi connectivity index (χ2v) is 8.80. The number of aromatic nitrogens is 2. The van der Waals surface area contributed by atoms with Crippen molar-refractivity contribution in [2.45, 2.75) is 37.8 Å². The highest BCUT2D eigenvalue weighted by molar-refractivity contribution is 6.03. The van der Waals surface area contributed by atoms with E-state index >= 15 is 0 Å². The maximum atomic E-state index is 13.0. The van der Waals surface area contributed by atoms with Crippen molar-refractivity contribution in [2.75, 3.05) is 50.7 Å². The number of nitrogens with zero attached hydrogens (tertiary/aromatic N) is 4. The molecule has 0 aromatic carbocycles. The van der Waals surface area contributed by atoms with Crippen LogP contribution in [0.25, 0.3) is 0 Å². The number of carbonyl (C=O) groups excluding carboxylic acids is 4. The molecular formula is C22H42N16O4. The molecule has 20 nitrogen and oxygen atoms in total. The van der Waals surface area contributed by atoms with E-state index in [1.54, 1.807) is 0 Å². The monoisotopic (exact) mass is 594 g/mol. The summed E-state index contributed by atoms with van der Waals surface area (Å²) in [6, 6.07) is -2.04. The van der Waals surface area contributed by atoms with Gasteiger partial charge in [-0.15, -0.1) is 0 Å². The normalized spacial score (nSPS) is 11.9. The van der Waals surface area contributed by atoms with Gasteiger partial charge in [-0.1, -0.05) is 0 Å². The molecule has 1 heterocycles. The topological polar surface area (TPSA) is 375 Å². The Balaban J connectivity index is 3.08. The van der Waals surface area contributed by atoms with Gasteiger partial charge in [0, 0.05) is 39.3 Å². The van der Waals surface area contributed by atoms with Crippen LogP contribution in [-0.4, -0.2) is 96.9 Å². The molecule has 0 radical (unpaired) electrons. The highest BCUT2D eigenvalue weighted by Gasteiger charge is 2.27. The Kier molecular flexibility index (Phi) is 15.3. The molecule has 1 rings (SSSR count). The molecule has 2 unspecified atom stereocenters. The zero-order chi connectivity index (χ0) is 31.7. The van der Waals surface area contributed by atoms with E-state index in [1.807, 2.05) is 0 Å². The molecule has 0 bridgehead atoms. The quantitative estimate of drug-likeness (QED) is 0.0427. The summed E-state index contributed by atoms with van der Waals surface area (Å²) in [7, 11) is 0. The summed E-state index contributed by atoms with van der Waals surface area (Å²) in [6.45, 7) is 1.16. The third-order valence-corrected chi connectivity index (χ3v) is 5.40. The van der Waals surface area contributed by atoms with Gasteiger partial charge in [-0.05, 0) is 25.7 Å². The van der Waals surface area contributed by atoms with Crippen molar-refractivity contribution in [1.82, 2.24) is 31.2 Å². The van der Waals surface area contributed by atoms with Crippen LogP contribution in [0.1, 0.15) is 46.7 Å². The van der Waals surface area contributed by atoms with Gasteiger partial charge in [-0.25, -0.2) is 9.97 Å². The first-order valence-electron chi connectivity index (χ1n) is 13.0. The fraction of sp³-hybridized carbons (Fsp3) is 0.545. The molecule has 0 spiro atoms. The first-order chi connectivity index (χ1) is 19.9. The third kappa shape index (κ3) is 12.5. The van der Waals surface area contributed by atoms with Crippen molar-refractivity contribution in [3.05, 3.63) is 11.4 Å². The lowest BCUT2D eigenvalue weighted by atomic mass is 10.1. The van der Waals surface area contributed by atoms with E-state index in [1.165, 1.54) is 0 Å². The fourth-order valence-electron chi connectivity index (χ4n) is 3.43. The molecule has 0 aliphatic carbocycles. The van der Waals surface area contributed by atoms with Crippen molar-refractivity contribution >= 4 is 47.2 Å². The number of nitrogen functional groups attached to an aromatic ring is 2. The molecule has 2 atom stereocenters. The van der Waals surface area contributed by atoms with Crippen molar-refractivity contribution in [1.29, 1.82) is 0 Å². The largest absolute Gasteiger partial charge is 0.382 e. The minimum absolute atomic E-state index is 0.112. The van der Waals surface area contributed by atoms with Crippen LogP contribution in [-0.2, 0) is 9.59 Å². The number of hydrogen-bond acceptors (Lipinski definition) is 12. The number of aliphatic imine (C=N–C) groups is 2. The first-order valence-corrected chi connectivity index (χ1v) is 13.0. The molecule has 234 valence electrons. The number of hydrogen-bond donors (Lipinski definition) is 12. The zero-order valence-electron chi connectivity index (χ0n) is 23.3. The van der Waals surface area contributed by atoms with Gasteiger partial charge in [0.25, 0.3) is 11.8 Å². The van der Waals surface area contributed by atoms with Gasteiger partial charge in [0.2, 0.25) is 11.8 Å². The molecule has 0 aliphatic rings. The Bertz CT molecular complexity index is 1050. The summed E-state index contributed by atoms with van der Waals surface area (Å²) < 4.78 is 0. The van der Waals surface area contributed by atoms with Crippen LogP contribution >= 0.6 is 0 Å². The van der Waals surface area contributed by atoms with E-state index in [-0.39, 0.29) is 64.0 Å². The zero-order valence-corrected chi connectivity index (χ0v) is 23.3. The minimum atomic E-state index is -1.02. The van der Waals surface area contributed by atoms with E-state index in [9.17, 15) is 19.2 Å². The van der Waals surface area contributed by atoms with Gasteiger partial charge in [0.15, 0.2) is 34.9 Å². The van der Waals surface area contributed by atoms with Crippen molar-refractivity contribution in [3.8, 4) is 0 Å². The number of carbonyl (C=O) groups is 4. The molecular weight excluding hydrogens is 552 g/mol. The van der Waals surface area contributed by atoms with Crippen LogP contribution in [0.3, 0.4) is 0 Å². The van der Waals surface area contributed by atoms with E-state index < -0.39 is 58.7 Å². The van der Waals surface area contributed by atoms with Crippen molar-refractivity contribution in [2.24, 2.45) is 44.4 Å². The number of guanidine groups is 2. The smallest absolute Gasteiger partial charge is 0.274 e. The molecule has 1 aromatic heterocycles. The van der Waals surface area contributed by atoms with E-state index in [4.69, 9.17) is 45.9 Å². The van der Waals surface area contributed by atoms with Crippen LogP contribution in [0, 0.1) is 0 Å². The second kappa shape index (κ2) is 18.4. The Morgan fingerprint density at radius 3 is 1.33 bits per heavy atom. The first kappa shape index (κ1) is 35.0. The Hall–Kier alpha value is -4.98. The van der Waals surface area contributed by atoms with Crippen LogP contribution < -0.4 is 67.1 Å². The molecule has 0 aliphatic heterocycles. The molecule has 20 N–H and O–H groups in total. The van der Waals surface area contributed by atoms with Crippen LogP contribution in [0.15, 0.2) is 9.98 Å². The highest BCUT2D eigenvalue weighted by atomic mass is 16.2. The molecule has 42 heavy (non-hydrogen) atoms. The van der Waals surface area contributed by atoms with Crippen LogP contribution in [0.4, 0.5) is 11.6 Å². The predicted molar refractivity (Wildman–Crippen MR) is 157 cm³/mol. The van der Waals surface area contributed by atoms with Gasteiger partial charge in [-0.3, -0.25) is 29.2 Å². The Morgan fingerprint density at radius 2 is 1.02 bits per heavy atom. The number of rotatable bonds is 18. The average Bonchev–Trinajstić information content (AvgIpc) is 2.93. The number of nitrogens with two attached hydrogens (primary N) is 8. The van der Waals surface area contributed by atoms with E-state index in [0.717, 1.165) is 0 Å². The molecule has 1 aromatic rings. The number of nitrogens with one attached hydrogen (secondary N) is 4. The second-order valence-electron chi connectivity index (χ2n) is 8.80. The number of anilines is 2. The summed E-state index contributed by atoms with van der Waals surface area (Å²) in [5.74, 6) is -3.85. The van der Waals surface area contributed by atoms with Gasteiger partial charge in [-0.2, -0.15) is 0 Å². The lowest BCUT2D eigenvalue weighted by molar-refractivity contribution is -0.123. The van der Waals surface area contributed by atoms with Crippen molar-refractivity contribution < 1.29 is 19.2 Å². The summed E-state index contributed by atoms with van der Waals surface area (Å²) in [5, 5.41) is 10.2. The molecule has 20 heteroatoms. The highest BCUT2D eigenvalue weighted by Crippen LogP contribution is 2.15. The predicted octanol–water partition coefficient (Wildman–Crippen LogP) is -5.91. The van der Waals surface area contributed by atoms with Gasteiger partial charge in [0.05, 0.1) is 0 Å². The van der Waals surface area contributed by atoms with Gasteiger partial charge in [0.1, 0.15) is 12.1 Å². The van der Waals surface area contributed by atoms with Gasteiger partial charge < -0.3 is 67.1 Å². The summed E-state index contributed by atoms with van der Waals surface area (Å²) in [4.78, 5) is 66.7. The number of amides is 4. The molecule has 0 saturated heterocycles. The molecule has 0 fully saturated rings. The maximum absolute atomic E-state index is 13.0. The molecule has 0 saturated carbocycles. The average molecular weight is 595 g/mol. The SMILES string of the molecule is NCCNC(=O)C(CCCN=C(N)N)NC(=O)c1nc(N)c(C(=O)NC(CCCN=C(N)N)C(=O)NCCN)nc1N. The van der Waals surface area contributed by atoms with Crippen molar-refractivity contribution in [3.63, 3.8) is 0 Å². The van der Waals surface area contributed by atoms with E-state index in [0.29, 0.717) is 12.8 Å². The summed E-state index contributed by atoms with van der Waals surface area (Å²) in [5.41, 5.74) is 43.2. The lowest BCUT2D eigenvalue weighted by Crippen LogP contribution is -2.48. The van der Waals surface area contributed by atoms with E-state index in [2.05, 4.69) is 41.2 Å². The standard InChI is InChI=1S/C22H42N16O4/c23-5-9-31-17(39)11(3-1-7-33-21(27)28)35-19(41)13-15(25)38-14(16(26)37-13)20(42)36-12(18(40)32-10-6-24)4-2-8-34-22(29)30/h11-12H,1-10,23-24H2,(H2,26,37)(H2,25,38)(H,31,39)(H,32,40)(H,35,41)(H,36,42)(H4,27,28,33)(H4,29,30,34). The third-order valence-electron chi connectivity index (χ3n) is 5.40. The van der Waals surface area contributed by atoms with Crippen LogP contribution in [0.5, 0.6) is 0 Å².